The zero-order valence-corrected chi connectivity index (χ0v) is 20.3. The van der Waals surface area contributed by atoms with Crippen LogP contribution in [0.1, 0.15) is 42.4 Å². The summed E-state index contributed by atoms with van der Waals surface area (Å²) in [7, 11) is 0. The third kappa shape index (κ3) is 3.82. The highest BCUT2D eigenvalue weighted by atomic mass is 35.5. The standard InChI is InChI=1S/C24H19ClF2N8O3/c25-15-2-4-17(33-11-29-31-32-33)21(23(15)27)12-7-13-1-3-18(35(13)20(37)8-12)24-28-9-16(30-24)14-5-6-34(38)19(10-36)22(14)26/h2,4-6,8-9,11,13,18,36,38H,1,3,7,10H2/p+1. The number of aromatic amines is 1. The van der Waals surface area contributed by atoms with Crippen molar-refractivity contribution in [3.63, 3.8) is 0 Å². The highest BCUT2D eigenvalue weighted by Crippen LogP contribution is 2.44. The summed E-state index contributed by atoms with van der Waals surface area (Å²) in [4.78, 5) is 22.6. The number of benzene rings is 1. The van der Waals surface area contributed by atoms with Crippen LogP contribution in [0.25, 0.3) is 22.5 Å². The molecule has 0 aliphatic carbocycles. The van der Waals surface area contributed by atoms with Crippen molar-refractivity contribution in [1.82, 2.24) is 35.1 Å². The van der Waals surface area contributed by atoms with Gasteiger partial charge in [0.15, 0.2) is 5.82 Å². The van der Waals surface area contributed by atoms with Crippen molar-refractivity contribution in [3.05, 3.63) is 76.7 Å². The van der Waals surface area contributed by atoms with Gasteiger partial charge in [-0.1, -0.05) is 11.6 Å². The minimum atomic E-state index is -0.791. The molecule has 4 aromatic rings. The maximum atomic E-state index is 15.3. The van der Waals surface area contributed by atoms with Crippen molar-refractivity contribution in [2.24, 2.45) is 0 Å². The van der Waals surface area contributed by atoms with E-state index in [1.807, 2.05) is 0 Å². The van der Waals surface area contributed by atoms with Crippen LogP contribution in [-0.2, 0) is 11.4 Å². The second kappa shape index (κ2) is 9.26. The fourth-order valence-electron chi connectivity index (χ4n) is 5.26. The summed E-state index contributed by atoms with van der Waals surface area (Å²) in [6.07, 6.45) is 7.01. The number of tetrazole rings is 1. The minimum Gasteiger partial charge on any atom is -0.385 e. The molecular weight excluding hydrogens is 522 g/mol. The molecule has 1 amide bonds. The SMILES string of the molecule is O=C1C=C(c2c(-n3cnnn3)ccc(Cl)c2F)CC2CCC(c3ncc(-c4cc[n+](O)c(CO)c4F)[nH]3)N12. The summed E-state index contributed by atoms with van der Waals surface area (Å²) < 4.78 is 31.9. The summed E-state index contributed by atoms with van der Waals surface area (Å²) in [5, 5.41) is 30.1. The molecular formula is C24H20ClF2N8O3+. The molecule has 0 radical (unpaired) electrons. The fraction of sp³-hybridized carbons (Fsp3) is 0.250. The van der Waals surface area contributed by atoms with Gasteiger partial charge in [0.2, 0.25) is 17.9 Å². The number of halogens is 3. The van der Waals surface area contributed by atoms with Crippen LogP contribution in [0.2, 0.25) is 5.02 Å². The van der Waals surface area contributed by atoms with Gasteiger partial charge in [-0.15, -0.1) is 5.10 Å². The number of amides is 1. The highest BCUT2D eigenvalue weighted by Gasteiger charge is 2.42. The first kappa shape index (κ1) is 24.1. The van der Waals surface area contributed by atoms with Gasteiger partial charge in [0.05, 0.1) is 28.6 Å². The molecule has 2 aliphatic heterocycles. The molecule has 1 saturated heterocycles. The van der Waals surface area contributed by atoms with E-state index >= 15 is 4.39 Å². The lowest BCUT2D eigenvalue weighted by molar-refractivity contribution is -0.911. The molecule has 0 spiro atoms. The normalized spacial score (nSPS) is 19.1. The number of nitrogens with one attached hydrogen (secondary N) is 1. The topological polar surface area (TPSA) is 137 Å². The first-order chi connectivity index (χ1) is 18.4. The molecule has 1 aromatic carbocycles. The predicted molar refractivity (Wildman–Crippen MR) is 127 cm³/mol. The zero-order chi connectivity index (χ0) is 26.6. The number of hydrogen-bond acceptors (Lipinski definition) is 7. The van der Waals surface area contributed by atoms with E-state index < -0.39 is 24.3 Å². The van der Waals surface area contributed by atoms with Crippen molar-refractivity contribution in [2.75, 3.05) is 0 Å². The molecule has 1 fully saturated rings. The second-order valence-electron chi connectivity index (χ2n) is 9.05. The summed E-state index contributed by atoms with van der Waals surface area (Å²) >= 11 is 6.08. The van der Waals surface area contributed by atoms with Crippen molar-refractivity contribution in [1.29, 1.82) is 0 Å². The molecule has 0 saturated carbocycles. The number of nitrogens with zero attached hydrogens (tertiary/aromatic N) is 7. The number of carbonyl (C=O) groups excluding carboxylic acids is 1. The van der Waals surface area contributed by atoms with Crippen LogP contribution < -0.4 is 4.73 Å². The van der Waals surface area contributed by atoms with Crippen LogP contribution in [0, 0.1) is 11.6 Å². The lowest BCUT2D eigenvalue weighted by Gasteiger charge is -2.33. The van der Waals surface area contributed by atoms with Gasteiger partial charge in [0.25, 0.3) is 5.69 Å². The van der Waals surface area contributed by atoms with E-state index in [-0.39, 0.29) is 33.8 Å². The third-order valence-electron chi connectivity index (χ3n) is 7.00. The first-order valence-electron chi connectivity index (χ1n) is 11.7. The number of H-pyrrole nitrogens is 1. The van der Waals surface area contributed by atoms with Gasteiger partial charge in [0.1, 0.15) is 18.8 Å². The molecule has 0 bridgehead atoms. The molecule has 2 unspecified atom stereocenters. The average molecular weight is 542 g/mol. The number of hydrogen-bond donors (Lipinski definition) is 3. The summed E-state index contributed by atoms with van der Waals surface area (Å²) in [5.74, 6) is -1.29. The van der Waals surface area contributed by atoms with E-state index in [0.717, 1.165) is 0 Å². The molecule has 14 heteroatoms. The van der Waals surface area contributed by atoms with Crippen molar-refractivity contribution in [2.45, 2.75) is 38.0 Å². The van der Waals surface area contributed by atoms with E-state index in [2.05, 4.69) is 25.5 Å². The quantitative estimate of drug-likeness (QED) is 0.261. The molecule has 3 aromatic heterocycles. The molecule has 38 heavy (non-hydrogen) atoms. The zero-order valence-electron chi connectivity index (χ0n) is 19.6. The molecule has 2 aliphatic rings. The maximum absolute atomic E-state index is 15.3. The van der Waals surface area contributed by atoms with Gasteiger partial charge >= 0.3 is 0 Å². The first-order valence-corrected chi connectivity index (χ1v) is 12.1. The predicted octanol–water partition coefficient (Wildman–Crippen LogP) is 2.52. The van der Waals surface area contributed by atoms with Crippen LogP contribution in [0.3, 0.4) is 0 Å². The summed E-state index contributed by atoms with van der Waals surface area (Å²) in [6.45, 7) is -0.694. The van der Waals surface area contributed by atoms with E-state index in [4.69, 9.17) is 11.6 Å². The van der Waals surface area contributed by atoms with Crippen LogP contribution in [-0.4, -0.2) is 57.3 Å². The Hall–Kier alpha value is -4.23. The molecule has 2 atom stereocenters. The number of aliphatic hydroxyl groups excluding tert-OH is 1. The largest absolute Gasteiger partial charge is 0.385 e. The average Bonchev–Trinajstić information content (AvgIpc) is 3.67. The van der Waals surface area contributed by atoms with E-state index in [0.29, 0.717) is 46.8 Å². The van der Waals surface area contributed by atoms with Crippen LogP contribution in [0.5, 0.6) is 0 Å². The molecule has 6 rings (SSSR count). The number of fused-ring (bicyclic) bond motifs is 1. The minimum absolute atomic E-state index is 0.0794. The number of aliphatic hydroxyl groups is 1. The van der Waals surface area contributed by atoms with Gasteiger partial charge in [-0.2, -0.15) is 9.07 Å². The molecule has 3 N–H and O–H groups in total. The van der Waals surface area contributed by atoms with Crippen molar-refractivity contribution >= 4 is 23.1 Å². The monoisotopic (exact) mass is 541 g/mol. The van der Waals surface area contributed by atoms with Gasteiger partial charge in [0, 0.05) is 34.0 Å². The molecule has 194 valence electrons. The summed E-state index contributed by atoms with van der Waals surface area (Å²) in [5.41, 5.74) is 1.18. The number of rotatable bonds is 5. The fourth-order valence-corrected chi connectivity index (χ4v) is 5.42. The van der Waals surface area contributed by atoms with Gasteiger partial charge in [-0.05, 0) is 47.4 Å². The summed E-state index contributed by atoms with van der Waals surface area (Å²) in [6, 6.07) is 3.75. The Morgan fingerprint density at radius 3 is 2.82 bits per heavy atom. The molecule has 5 heterocycles. The smallest absolute Gasteiger partial charge is 0.295 e. The highest BCUT2D eigenvalue weighted by molar-refractivity contribution is 6.31. The Labute approximate surface area is 218 Å². The van der Waals surface area contributed by atoms with Gasteiger partial charge < -0.3 is 15.0 Å². The maximum Gasteiger partial charge on any atom is 0.295 e. The van der Waals surface area contributed by atoms with Crippen molar-refractivity contribution < 1.29 is 28.6 Å². The number of imidazole rings is 1. The van der Waals surface area contributed by atoms with Crippen molar-refractivity contribution in [3.8, 4) is 16.9 Å². The Bertz CT molecular complexity index is 1590. The Morgan fingerprint density at radius 2 is 2.05 bits per heavy atom. The lowest BCUT2D eigenvalue weighted by Crippen LogP contribution is -2.39. The number of aromatic nitrogens is 7. The van der Waals surface area contributed by atoms with E-state index in [1.54, 1.807) is 11.0 Å². The second-order valence-corrected chi connectivity index (χ2v) is 9.46. The Balaban J connectivity index is 1.32. The van der Waals surface area contributed by atoms with Crippen LogP contribution in [0.15, 0.2) is 43.0 Å². The Kier molecular flexibility index (Phi) is 5.88. The van der Waals surface area contributed by atoms with Gasteiger partial charge in [-0.3, -0.25) is 10.0 Å². The number of carbonyl (C=O) groups is 1. The van der Waals surface area contributed by atoms with Gasteiger partial charge in [-0.25, -0.2) is 9.37 Å². The van der Waals surface area contributed by atoms with Crippen LogP contribution >= 0.6 is 11.6 Å². The van der Waals surface area contributed by atoms with E-state index in [1.165, 1.54) is 41.6 Å². The molecule has 11 nitrogen and oxygen atoms in total. The van der Waals surface area contributed by atoms with E-state index in [9.17, 15) is 19.5 Å². The number of pyridine rings is 1. The third-order valence-corrected chi connectivity index (χ3v) is 7.29. The van der Waals surface area contributed by atoms with Crippen LogP contribution in [0.4, 0.5) is 8.78 Å². The lowest BCUT2D eigenvalue weighted by atomic mass is 9.92. The Morgan fingerprint density at radius 1 is 1.21 bits per heavy atom.